The van der Waals surface area contributed by atoms with Gasteiger partial charge in [-0.15, -0.1) is 0 Å². The maximum Gasteiger partial charge on any atom is 0.134 e. The molecule has 0 unspecified atom stereocenters. The van der Waals surface area contributed by atoms with Gasteiger partial charge in [0.05, 0.1) is 18.9 Å². The molecule has 96 valence electrons. The molecule has 1 aliphatic heterocycles. The first-order chi connectivity index (χ1) is 8.61. The molecule has 1 aromatic carbocycles. The van der Waals surface area contributed by atoms with Crippen LogP contribution in [0.4, 0.5) is 0 Å². The number of aliphatic hydroxyl groups excluding tert-OH is 1. The van der Waals surface area contributed by atoms with Gasteiger partial charge in [-0.25, -0.2) is 0 Å². The standard InChI is InChI=1S/C15H19NO2/c1-15(2)9-8-13(18-15)10-16-14(11-17)12-6-4-3-5-7-12/h3-8,10,14,17H,9,11H2,1-2H3/t14-/m0/s1. The number of ether oxygens (including phenoxy) is 1. The molecule has 0 bridgehead atoms. The smallest absolute Gasteiger partial charge is 0.134 e. The van der Waals surface area contributed by atoms with Crippen molar-refractivity contribution < 1.29 is 9.84 Å². The van der Waals surface area contributed by atoms with Gasteiger partial charge in [0.2, 0.25) is 0 Å². The molecule has 0 aliphatic carbocycles. The summed E-state index contributed by atoms with van der Waals surface area (Å²) in [5.74, 6) is 0.786. The van der Waals surface area contributed by atoms with Crippen molar-refractivity contribution in [2.45, 2.75) is 31.9 Å². The van der Waals surface area contributed by atoms with Gasteiger partial charge in [-0.1, -0.05) is 30.3 Å². The fourth-order valence-corrected chi connectivity index (χ4v) is 1.91. The van der Waals surface area contributed by atoms with Gasteiger partial charge in [0.15, 0.2) is 0 Å². The molecule has 0 aromatic heterocycles. The van der Waals surface area contributed by atoms with E-state index >= 15 is 0 Å². The van der Waals surface area contributed by atoms with Crippen LogP contribution in [0.15, 0.2) is 47.2 Å². The van der Waals surface area contributed by atoms with Crippen LogP contribution in [0.25, 0.3) is 0 Å². The summed E-state index contributed by atoms with van der Waals surface area (Å²) in [7, 11) is 0. The van der Waals surface area contributed by atoms with Crippen LogP contribution in [0, 0.1) is 0 Å². The number of allylic oxidation sites excluding steroid dienone is 1. The van der Waals surface area contributed by atoms with Crippen LogP contribution in [0.3, 0.4) is 0 Å². The fraction of sp³-hybridized carbons (Fsp3) is 0.400. The van der Waals surface area contributed by atoms with Crippen LogP contribution in [-0.2, 0) is 4.74 Å². The van der Waals surface area contributed by atoms with Crippen molar-refractivity contribution in [2.75, 3.05) is 6.61 Å². The van der Waals surface area contributed by atoms with Crippen molar-refractivity contribution in [2.24, 2.45) is 4.99 Å². The number of aliphatic imine (C=N–C) groups is 1. The van der Waals surface area contributed by atoms with Gasteiger partial charge in [-0.3, -0.25) is 4.99 Å². The fourth-order valence-electron chi connectivity index (χ4n) is 1.91. The lowest BCUT2D eigenvalue weighted by Crippen LogP contribution is -2.17. The largest absolute Gasteiger partial charge is 0.486 e. The van der Waals surface area contributed by atoms with Crippen molar-refractivity contribution in [1.82, 2.24) is 0 Å². The molecule has 1 atom stereocenters. The second kappa shape index (κ2) is 5.36. The zero-order valence-corrected chi connectivity index (χ0v) is 10.8. The van der Waals surface area contributed by atoms with E-state index in [0.717, 1.165) is 17.7 Å². The Bertz CT molecular complexity index is 449. The Kier molecular flexibility index (Phi) is 3.82. The minimum absolute atomic E-state index is 0.00279. The highest BCUT2D eigenvalue weighted by atomic mass is 16.5. The Morgan fingerprint density at radius 1 is 1.39 bits per heavy atom. The molecule has 0 radical (unpaired) electrons. The zero-order valence-electron chi connectivity index (χ0n) is 10.8. The predicted octanol–water partition coefficient (Wildman–Crippen LogP) is 2.87. The van der Waals surface area contributed by atoms with E-state index < -0.39 is 0 Å². The molecule has 1 heterocycles. The maximum absolute atomic E-state index is 9.38. The zero-order chi connectivity index (χ0) is 13.0. The van der Waals surface area contributed by atoms with E-state index in [-0.39, 0.29) is 18.2 Å². The lowest BCUT2D eigenvalue weighted by molar-refractivity contribution is 0.0729. The summed E-state index contributed by atoms with van der Waals surface area (Å²) in [6.07, 6.45) is 4.63. The molecule has 0 saturated carbocycles. The molecule has 1 aliphatic rings. The number of benzene rings is 1. The SMILES string of the molecule is CC1(C)CC=C(C=N[C@@H](CO)c2ccccc2)O1. The molecule has 1 N–H and O–H groups in total. The first-order valence-electron chi connectivity index (χ1n) is 6.19. The average molecular weight is 245 g/mol. The number of hydrogen-bond donors (Lipinski definition) is 1. The number of rotatable bonds is 4. The summed E-state index contributed by atoms with van der Waals surface area (Å²) in [6.45, 7) is 4.09. The minimum Gasteiger partial charge on any atom is -0.486 e. The van der Waals surface area contributed by atoms with Crippen LogP contribution in [0.1, 0.15) is 31.9 Å². The van der Waals surface area contributed by atoms with E-state index in [4.69, 9.17) is 4.74 Å². The molecular formula is C15H19NO2. The van der Waals surface area contributed by atoms with E-state index in [1.807, 2.05) is 50.3 Å². The third-order valence-corrected chi connectivity index (χ3v) is 2.93. The maximum atomic E-state index is 9.38. The first-order valence-corrected chi connectivity index (χ1v) is 6.19. The van der Waals surface area contributed by atoms with E-state index in [2.05, 4.69) is 4.99 Å². The van der Waals surface area contributed by atoms with Crippen LogP contribution in [0.5, 0.6) is 0 Å². The molecular weight excluding hydrogens is 226 g/mol. The molecule has 3 nitrogen and oxygen atoms in total. The monoisotopic (exact) mass is 245 g/mol. The molecule has 0 saturated heterocycles. The van der Waals surface area contributed by atoms with Crippen LogP contribution >= 0.6 is 0 Å². The van der Waals surface area contributed by atoms with Crippen LogP contribution in [-0.4, -0.2) is 23.5 Å². The topological polar surface area (TPSA) is 41.8 Å². The first kappa shape index (κ1) is 12.8. The van der Waals surface area contributed by atoms with E-state index in [9.17, 15) is 5.11 Å². The normalized spacial score (nSPS) is 19.6. The van der Waals surface area contributed by atoms with Crippen molar-refractivity contribution in [1.29, 1.82) is 0 Å². The molecule has 0 amide bonds. The minimum atomic E-state index is -0.223. The summed E-state index contributed by atoms with van der Waals surface area (Å²) in [6, 6.07) is 9.55. The number of aliphatic hydroxyl groups is 1. The predicted molar refractivity (Wildman–Crippen MR) is 72.6 cm³/mol. The molecule has 0 spiro atoms. The van der Waals surface area contributed by atoms with Gasteiger partial charge in [0, 0.05) is 6.42 Å². The summed E-state index contributed by atoms with van der Waals surface area (Å²) < 4.78 is 5.71. The molecule has 2 rings (SSSR count). The summed E-state index contributed by atoms with van der Waals surface area (Å²) in [5, 5.41) is 9.38. The Hall–Kier alpha value is -1.61. The second-order valence-electron chi connectivity index (χ2n) is 5.06. The summed E-state index contributed by atoms with van der Waals surface area (Å²) in [4.78, 5) is 4.39. The van der Waals surface area contributed by atoms with Gasteiger partial charge in [0.1, 0.15) is 11.4 Å². The van der Waals surface area contributed by atoms with E-state index in [0.29, 0.717) is 0 Å². The lowest BCUT2D eigenvalue weighted by atomic mass is 10.1. The highest BCUT2D eigenvalue weighted by Crippen LogP contribution is 2.26. The van der Waals surface area contributed by atoms with Gasteiger partial charge in [-0.2, -0.15) is 0 Å². The van der Waals surface area contributed by atoms with Crippen LogP contribution in [0.2, 0.25) is 0 Å². The number of nitrogens with zero attached hydrogens (tertiary/aromatic N) is 1. The highest BCUT2D eigenvalue weighted by molar-refractivity contribution is 5.76. The van der Waals surface area contributed by atoms with E-state index in [1.54, 1.807) is 6.21 Å². The third kappa shape index (κ3) is 3.20. The molecule has 18 heavy (non-hydrogen) atoms. The van der Waals surface area contributed by atoms with Gasteiger partial charge < -0.3 is 9.84 Å². The van der Waals surface area contributed by atoms with Gasteiger partial charge in [-0.05, 0) is 25.5 Å². The van der Waals surface area contributed by atoms with Crippen LogP contribution < -0.4 is 0 Å². The summed E-state index contributed by atoms with van der Waals surface area (Å²) >= 11 is 0. The van der Waals surface area contributed by atoms with Gasteiger partial charge >= 0.3 is 0 Å². The Morgan fingerprint density at radius 2 is 2.11 bits per heavy atom. The highest BCUT2D eigenvalue weighted by Gasteiger charge is 2.24. The Labute approximate surface area is 108 Å². The quantitative estimate of drug-likeness (QED) is 0.829. The van der Waals surface area contributed by atoms with Crippen molar-refractivity contribution >= 4 is 6.21 Å². The number of hydrogen-bond acceptors (Lipinski definition) is 3. The second-order valence-corrected chi connectivity index (χ2v) is 5.06. The lowest BCUT2D eigenvalue weighted by Gasteiger charge is -2.18. The van der Waals surface area contributed by atoms with Crippen molar-refractivity contribution in [3.8, 4) is 0 Å². The molecule has 1 aromatic rings. The van der Waals surface area contributed by atoms with Crippen molar-refractivity contribution in [3.63, 3.8) is 0 Å². The van der Waals surface area contributed by atoms with Crippen molar-refractivity contribution in [3.05, 3.63) is 47.7 Å². The average Bonchev–Trinajstić information content (AvgIpc) is 2.71. The van der Waals surface area contributed by atoms with Gasteiger partial charge in [0.25, 0.3) is 0 Å². The summed E-state index contributed by atoms with van der Waals surface area (Å²) in [5.41, 5.74) is 0.872. The third-order valence-electron chi connectivity index (χ3n) is 2.93. The Morgan fingerprint density at radius 3 is 2.67 bits per heavy atom. The Balaban J connectivity index is 2.04. The molecule has 3 heteroatoms. The van der Waals surface area contributed by atoms with E-state index in [1.165, 1.54) is 0 Å². The molecule has 0 fully saturated rings.